The van der Waals surface area contributed by atoms with Crippen LogP contribution in [0.3, 0.4) is 0 Å². The monoisotopic (exact) mass is 319 g/mol. The molecule has 0 aliphatic heterocycles. The Bertz CT molecular complexity index is 492. The van der Waals surface area contributed by atoms with Crippen LogP contribution in [0.1, 0.15) is 17.7 Å². The SMILES string of the molecule is Cc1ncc(Br)c(C(F)F)c1S(=O)(=O)Cl. The minimum atomic E-state index is -4.23. The van der Waals surface area contributed by atoms with Gasteiger partial charge in [0.2, 0.25) is 0 Å². The van der Waals surface area contributed by atoms with Crippen LogP contribution in [-0.2, 0) is 9.05 Å². The molecule has 15 heavy (non-hydrogen) atoms. The number of nitrogens with zero attached hydrogens (tertiary/aromatic N) is 1. The van der Waals surface area contributed by atoms with Crippen LogP contribution < -0.4 is 0 Å². The first-order valence-corrected chi connectivity index (χ1v) is 6.73. The molecule has 0 aliphatic rings. The van der Waals surface area contributed by atoms with Crippen molar-refractivity contribution >= 4 is 35.7 Å². The van der Waals surface area contributed by atoms with Crippen molar-refractivity contribution in [2.45, 2.75) is 18.2 Å². The highest BCUT2D eigenvalue weighted by atomic mass is 79.9. The van der Waals surface area contributed by atoms with Gasteiger partial charge in [-0.2, -0.15) is 0 Å². The van der Waals surface area contributed by atoms with Crippen LogP contribution in [0.15, 0.2) is 15.6 Å². The molecule has 0 saturated heterocycles. The summed E-state index contributed by atoms with van der Waals surface area (Å²) in [5.74, 6) is 0. The molecule has 0 fully saturated rings. The van der Waals surface area contributed by atoms with Gasteiger partial charge in [-0.15, -0.1) is 0 Å². The molecular weight excluding hydrogens is 316 g/mol. The van der Waals surface area contributed by atoms with Crippen molar-refractivity contribution in [2.24, 2.45) is 0 Å². The summed E-state index contributed by atoms with van der Waals surface area (Å²) < 4.78 is 47.4. The van der Waals surface area contributed by atoms with Crippen molar-refractivity contribution in [3.8, 4) is 0 Å². The summed E-state index contributed by atoms with van der Waals surface area (Å²) in [5, 5.41) is 0. The summed E-state index contributed by atoms with van der Waals surface area (Å²) in [6.07, 6.45) is -1.83. The van der Waals surface area contributed by atoms with E-state index in [9.17, 15) is 17.2 Å². The Kier molecular flexibility index (Phi) is 3.67. The van der Waals surface area contributed by atoms with Crippen molar-refractivity contribution in [3.05, 3.63) is 21.9 Å². The lowest BCUT2D eigenvalue weighted by Gasteiger charge is -2.09. The summed E-state index contributed by atoms with van der Waals surface area (Å²) in [4.78, 5) is 3.01. The van der Waals surface area contributed by atoms with Gasteiger partial charge < -0.3 is 0 Å². The second-order valence-corrected chi connectivity index (χ2v) is 6.03. The van der Waals surface area contributed by atoms with Gasteiger partial charge in [-0.3, -0.25) is 4.98 Å². The van der Waals surface area contributed by atoms with Gasteiger partial charge in [0.25, 0.3) is 15.5 Å². The average Bonchev–Trinajstić information content (AvgIpc) is 2.05. The summed E-state index contributed by atoms with van der Waals surface area (Å²) in [6.45, 7) is 1.30. The predicted octanol–water partition coefficient (Wildman–Crippen LogP) is 3.02. The Morgan fingerprint density at radius 2 is 2.07 bits per heavy atom. The first kappa shape index (κ1) is 12.8. The zero-order chi connectivity index (χ0) is 11.8. The molecule has 0 saturated carbocycles. The Labute approximate surface area is 98.0 Å². The fourth-order valence-corrected chi connectivity index (χ4v) is 3.15. The summed E-state index contributed by atoms with van der Waals surface area (Å²) >= 11 is 2.81. The lowest BCUT2D eigenvalue weighted by Crippen LogP contribution is -2.04. The fraction of sp³-hybridized carbons (Fsp3) is 0.286. The van der Waals surface area contributed by atoms with Crippen LogP contribution in [-0.4, -0.2) is 13.4 Å². The molecule has 1 aromatic heterocycles. The first-order chi connectivity index (χ1) is 6.75. The average molecular weight is 321 g/mol. The Balaban J connectivity index is 3.68. The number of aryl methyl sites for hydroxylation is 1. The highest BCUT2D eigenvalue weighted by Gasteiger charge is 2.27. The van der Waals surface area contributed by atoms with Gasteiger partial charge in [-0.05, 0) is 22.9 Å². The molecule has 0 spiro atoms. The van der Waals surface area contributed by atoms with Crippen LogP contribution in [0, 0.1) is 6.92 Å². The second-order valence-electron chi connectivity index (χ2n) is 2.67. The smallest absolute Gasteiger partial charge is 0.259 e. The lowest BCUT2D eigenvalue weighted by atomic mass is 10.2. The van der Waals surface area contributed by atoms with Gasteiger partial charge in [-0.25, -0.2) is 17.2 Å². The quantitative estimate of drug-likeness (QED) is 0.787. The molecule has 0 aromatic carbocycles. The van der Waals surface area contributed by atoms with E-state index in [1.54, 1.807) is 0 Å². The minimum Gasteiger partial charge on any atom is -0.259 e. The molecule has 0 bridgehead atoms. The number of pyridine rings is 1. The zero-order valence-electron chi connectivity index (χ0n) is 7.34. The number of alkyl halides is 2. The fourth-order valence-electron chi connectivity index (χ4n) is 1.10. The molecule has 1 rings (SSSR count). The molecule has 0 atom stereocenters. The number of hydrogen-bond donors (Lipinski definition) is 0. The van der Waals surface area contributed by atoms with Gasteiger partial charge in [0.05, 0.1) is 11.3 Å². The number of rotatable bonds is 2. The normalized spacial score (nSPS) is 12.1. The Morgan fingerprint density at radius 3 is 2.40 bits per heavy atom. The molecule has 1 heterocycles. The highest BCUT2D eigenvalue weighted by molar-refractivity contribution is 9.10. The van der Waals surface area contributed by atoms with Crippen LogP contribution in [0.25, 0.3) is 0 Å². The molecule has 8 heteroatoms. The van der Waals surface area contributed by atoms with Crippen LogP contribution in [0.2, 0.25) is 0 Å². The maximum absolute atomic E-state index is 12.6. The van der Waals surface area contributed by atoms with Crippen molar-refractivity contribution in [1.82, 2.24) is 4.98 Å². The van der Waals surface area contributed by atoms with E-state index >= 15 is 0 Å². The van der Waals surface area contributed by atoms with Crippen LogP contribution in [0.5, 0.6) is 0 Å². The van der Waals surface area contributed by atoms with E-state index in [4.69, 9.17) is 10.7 Å². The molecule has 0 aliphatic carbocycles. The maximum atomic E-state index is 12.6. The largest absolute Gasteiger partial charge is 0.266 e. The second kappa shape index (κ2) is 4.31. The van der Waals surface area contributed by atoms with Crippen molar-refractivity contribution in [1.29, 1.82) is 0 Å². The van der Waals surface area contributed by atoms with E-state index in [1.807, 2.05) is 0 Å². The summed E-state index contributed by atoms with van der Waals surface area (Å²) in [5.41, 5.74) is -0.707. The van der Waals surface area contributed by atoms with Crippen LogP contribution in [0.4, 0.5) is 8.78 Å². The zero-order valence-corrected chi connectivity index (χ0v) is 10.5. The third-order valence-corrected chi connectivity index (χ3v) is 3.76. The van der Waals surface area contributed by atoms with Crippen molar-refractivity contribution in [3.63, 3.8) is 0 Å². The standard InChI is InChI=1S/C7H5BrClF2NO2S/c1-3-6(15(9,13)14)5(7(10)11)4(8)2-12-3/h2,7H,1H3. The van der Waals surface area contributed by atoms with Crippen LogP contribution >= 0.6 is 26.6 Å². The molecule has 0 amide bonds. The van der Waals surface area contributed by atoms with E-state index in [0.29, 0.717) is 0 Å². The van der Waals surface area contributed by atoms with Gasteiger partial charge in [0.15, 0.2) is 0 Å². The third kappa shape index (κ3) is 2.64. The Hall–Kier alpha value is -0.270. The number of aromatic nitrogens is 1. The van der Waals surface area contributed by atoms with E-state index in [0.717, 1.165) is 6.20 Å². The van der Waals surface area contributed by atoms with Gasteiger partial charge in [0.1, 0.15) is 4.90 Å². The van der Waals surface area contributed by atoms with Gasteiger partial charge in [0, 0.05) is 21.4 Å². The molecule has 1 aromatic rings. The highest BCUT2D eigenvalue weighted by Crippen LogP contribution is 2.35. The molecule has 3 nitrogen and oxygen atoms in total. The molecule has 0 radical (unpaired) electrons. The van der Waals surface area contributed by atoms with E-state index in [2.05, 4.69) is 20.9 Å². The summed E-state index contributed by atoms with van der Waals surface area (Å²) in [7, 11) is 0.831. The minimum absolute atomic E-state index is 0.0523. The summed E-state index contributed by atoms with van der Waals surface area (Å²) in [6, 6.07) is 0. The van der Waals surface area contributed by atoms with Gasteiger partial charge in [-0.1, -0.05) is 0 Å². The molecule has 0 N–H and O–H groups in total. The number of hydrogen-bond acceptors (Lipinski definition) is 3. The lowest BCUT2D eigenvalue weighted by molar-refractivity contribution is 0.146. The van der Waals surface area contributed by atoms with Gasteiger partial charge >= 0.3 is 0 Å². The molecular formula is C7H5BrClF2NO2S. The topological polar surface area (TPSA) is 47.0 Å². The first-order valence-electron chi connectivity index (χ1n) is 3.63. The predicted molar refractivity (Wildman–Crippen MR) is 54.7 cm³/mol. The van der Waals surface area contributed by atoms with E-state index in [1.165, 1.54) is 6.92 Å². The van der Waals surface area contributed by atoms with E-state index in [-0.39, 0.29) is 10.2 Å². The molecule has 84 valence electrons. The van der Waals surface area contributed by atoms with Crippen molar-refractivity contribution < 1.29 is 17.2 Å². The van der Waals surface area contributed by atoms with Crippen molar-refractivity contribution in [2.75, 3.05) is 0 Å². The van der Waals surface area contributed by atoms with E-state index < -0.39 is 25.9 Å². The number of halogens is 4. The third-order valence-electron chi connectivity index (χ3n) is 1.66. The Morgan fingerprint density at radius 1 is 1.53 bits per heavy atom. The maximum Gasteiger partial charge on any atom is 0.266 e. The molecule has 0 unspecified atom stereocenters.